The number of hydrogen-bond donors (Lipinski definition) is 2. The van der Waals surface area contributed by atoms with Gasteiger partial charge in [-0.15, -0.1) is 11.3 Å². The van der Waals surface area contributed by atoms with Crippen LogP contribution in [0.15, 0.2) is 9.95 Å². The van der Waals surface area contributed by atoms with Crippen LogP contribution in [0.5, 0.6) is 0 Å². The Balaban J connectivity index is 1.44. The van der Waals surface area contributed by atoms with Crippen molar-refractivity contribution in [3.63, 3.8) is 0 Å². The number of carbonyl (C=O) groups is 1. The summed E-state index contributed by atoms with van der Waals surface area (Å²) in [6.07, 6.45) is 6.70. The number of nitriles is 1. The van der Waals surface area contributed by atoms with Crippen molar-refractivity contribution in [3.8, 4) is 6.07 Å². The van der Waals surface area contributed by atoms with E-state index in [0.717, 1.165) is 61.8 Å². The molecule has 0 aromatic carbocycles. The summed E-state index contributed by atoms with van der Waals surface area (Å²) in [4.78, 5) is 32.8. The fourth-order valence-electron chi connectivity index (χ4n) is 3.56. The second kappa shape index (κ2) is 7.25. The zero-order chi connectivity index (χ0) is 18.1. The number of aryl methyl sites for hydroxylation is 2. The van der Waals surface area contributed by atoms with Gasteiger partial charge in [-0.25, -0.2) is 4.98 Å². The molecule has 8 heteroatoms. The fourth-order valence-corrected chi connectivity index (χ4v) is 5.49. The molecule has 2 aliphatic rings. The number of aromatic amines is 1. The predicted octanol–water partition coefficient (Wildman–Crippen LogP) is 2.80. The summed E-state index contributed by atoms with van der Waals surface area (Å²) in [5.41, 5.74) is 3.27. The fraction of sp³-hybridized carbons (Fsp3) is 0.444. The molecule has 0 fully saturated rings. The molecule has 0 atom stereocenters. The molecule has 0 saturated heterocycles. The Morgan fingerprint density at radius 3 is 2.88 bits per heavy atom. The molecule has 0 spiro atoms. The van der Waals surface area contributed by atoms with Gasteiger partial charge in [-0.1, -0.05) is 11.8 Å². The zero-order valence-electron chi connectivity index (χ0n) is 14.2. The topological polar surface area (TPSA) is 98.6 Å². The Labute approximate surface area is 159 Å². The molecule has 2 aromatic heterocycles. The quantitative estimate of drug-likeness (QED) is 0.622. The number of anilines is 1. The summed E-state index contributed by atoms with van der Waals surface area (Å²) < 4.78 is 0. The van der Waals surface area contributed by atoms with Crippen LogP contribution in [0.25, 0.3) is 0 Å². The number of nitrogens with zero attached hydrogens (tertiary/aromatic N) is 2. The lowest BCUT2D eigenvalue weighted by molar-refractivity contribution is -0.113. The minimum Gasteiger partial charge on any atom is -0.316 e. The van der Waals surface area contributed by atoms with Crippen LogP contribution in [-0.4, -0.2) is 21.6 Å². The normalized spacial score (nSPS) is 15.2. The molecule has 134 valence electrons. The summed E-state index contributed by atoms with van der Waals surface area (Å²) >= 11 is 2.74. The first-order chi connectivity index (χ1) is 12.7. The Morgan fingerprint density at radius 1 is 1.23 bits per heavy atom. The number of fused-ring (bicyclic) bond motifs is 2. The maximum atomic E-state index is 12.3. The maximum Gasteiger partial charge on any atom is 0.254 e. The second-order valence-electron chi connectivity index (χ2n) is 6.51. The van der Waals surface area contributed by atoms with Crippen molar-refractivity contribution >= 4 is 34.0 Å². The molecule has 2 aliphatic carbocycles. The van der Waals surface area contributed by atoms with Gasteiger partial charge < -0.3 is 10.3 Å². The van der Waals surface area contributed by atoms with Gasteiger partial charge in [0.15, 0.2) is 5.16 Å². The van der Waals surface area contributed by atoms with Crippen molar-refractivity contribution < 1.29 is 4.79 Å². The Morgan fingerprint density at radius 2 is 2.04 bits per heavy atom. The van der Waals surface area contributed by atoms with Crippen molar-refractivity contribution in [1.29, 1.82) is 5.26 Å². The first kappa shape index (κ1) is 17.3. The molecule has 2 heterocycles. The van der Waals surface area contributed by atoms with E-state index in [-0.39, 0.29) is 17.2 Å². The summed E-state index contributed by atoms with van der Waals surface area (Å²) in [7, 11) is 0. The van der Waals surface area contributed by atoms with Crippen LogP contribution in [0, 0.1) is 11.3 Å². The van der Waals surface area contributed by atoms with E-state index in [1.54, 1.807) is 0 Å². The van der Waals surface area contributed by atoms with E-state index in [2.05, 4.69) is 21.4 Å². The van der Waals surface area contributed by atoms with E-state index in [4.69, 9.17) is 0 Å². The number of aromatic nitrogens is 2. The average molecular weight is 387 g/mol. The lowest BCUT2D eigenvalue weighted by Crippen LogP contribution is -2.17. The Kier molecular flexibility index (Phi) is 4.83. The molecule has 2 aromatic rings. The van der Waals surface area contributed by atoms with Crippen LogP contribution in [0.3, 0.4) is 0 Å². The Bertz CT molecular complexity index is 971. The van der Waals surface area contributed by atoms with Crippen LogP contribution < -0.4 is 10.9 Å². The van der Waals surface area contributed by atoms with Crippen LogP contribution in [-0.2, 0) is 30.5 Å². The first-order valence-electron chi connectivity index (χ1n) is 8.75. The van der Waals surface area contributed by atoms with Crippen molar-refractivity contribution in [2.75, 3.05) is 11.1 Å². The number of H-pyrrole nitrogens is 1. The number of nitrogens with one attached hydrogen (secondary N) is 2. The lowest BCUT2D eigenvalue weighted by atomic mass is 9.96. The van der Waals surface area contributed by atoms with Crippen LogP contribution >= 0.6 is 23.1 Å². The summed E-state index contributed by atoms with van der Waals surface area (Å²) in [5, 5.41) is 13.5. The molecule has 0 bridgehead atoms. The Hall–Kier alpha value is -2.11. The highest BCUT2D eigenvalue weighted by atomic mass is 32.2. The number of hydrogen-bond acceptors (Lipinski definition) is 6. The predicted molar refractivity (Wildman–Crippen MR) is 102 cm³/mol. The third kappa shape index (κ3) is 3.29. The van der Waals surface area contributed by atoms with Crippen molar-refractivity contribution in [3.05, 3.63) is 37.6 Å². The maximum absolute atomic E-state index is 12.3. The molecular formula is C18H18N4O2S2. The third-order valence-corrected chi connectivity index (χ3v) is 6.88. The minimum atomic E-state index is -0.187. The SMILES string of the molecule is N#Cc1c(NC(=O)CSc2nc3c(c(=O)[nH]2)CCC3)sc2c1CCCC2. The summed E-state index contributed by atoms with van der Waals surface area (Å²) in [5.74, 6) is -0.0388. The largest absolute Gasteiger partial charge is 0.316 e. The summed E-state index contributed by atoms with van der Waals surface area (Å²) in [6.45, 7) is 0. The number of amides is 1. The smallest absolute Gasteiger partial charge is 0.254 e. The van der Waals surface area contributed by atoms with Gasteiger partial charge in [0.05, 0.1) is 17.0 Å². The van der Waals surface area contributed by atoms with Crippen molar-refractivity contribution in [2.24, 2.45) is 0 Å². The van der Waals surface area contributed by atoms with Crippen LogP contribution in [0.2, 0.25) is 0 Å². The molecule has 1 amide bonds. The molecule has 6 nitrogen and oxygen atoms in total. The third-order valence-electron chi connectivity index (χ3n) is 4.80. The summed E-state index contributed by atoms with van der Waals surface area (Å²) in [6, 6.07) is 2.25. The van der Waals surface area contributed by atoms with Gasteiger partial charge in [0.1, 0.15) is 11.1 Å². The monoisotopic (exact) mass is 386 g/mol. The van der Waals surface area contributed by atoms with E-state index in [9.17, 15) is 14.9 Å². The average Bonchev–Trinajstić information content (AvgIpc) is 3.24. The molecule has 26 heavy (non-hydrogen) atoms. The van der Waals surface area contributed by atoms with E-state index < -0.39 is 0 Å². The highest BCUT2D eigenvalue weighted by Crippen LogP contribution is 2.37. The second-order valence-corrected chi connectivity index (χ2v) is 8.58. The standard InChI is InChI=1S/C18H18N4O2S2/c19-8-12-10-4-1-2-7-14(10)26-17(12)21-15(23)9-25-18-20-13-6-3-5-11(13)16(24)22-18/h1-7,9H2,(H,21,23)(H,20,22,24). The number of rotatable bonds is 4. The first-order valence-corrected chi connectivity index (χ1v) is 10.5. The number of thioether (sulfide) groups is 1. The van der Waals surface area contributed by atoms with E-state index in [1.165, 1.54) is 28.0 Å². The molecule has 4 rings (SSSR count). The van der Waals surface area contributed by atoms with Crippen molar-refractivity contribution in [2.45, 2.75) is 50.1 Å². The number of carbonyl (C=O) groups excluding carboxylic acids is 1. The van der Waals surface area contributed by atoms with Gasteiger partial charge in [0, 0.05) is 10.4 Å². The molecule has 0 saturated carbocycles. The van der Waals surface area contributed by atoms with E-state index >= 15 is 0 Å². The molecule has 0 radical (unpaired) electrons. The zero-order valence-corrected chi connectivity index (χ0v) is 15.8. The van der Waals surface area contributed by atoms with Gasteiger partial charge in [0.25, 0.3) is 5.56 Å². The van der Waals surface area contributed by atoms with Crippen molar-refractivity contribution in [1.82, 2.24) is 9.97 Å². The van der Waals surface area contributed by atoms with Gasteiger partial charge in [-0.3, -0.25) is 9.59 Å². The van der Waals surface area contributed by atoms with E-state index in [0.29, 0.717) is 15.7 Å². The van der Waals surface area contributed by atoms with Gasteiger partial charge in [-0.2, -0.15) is 5.26 Å². The van der Waals surface area contributed by atoms with Crippen LogP contribution in [0.4, 0.5) is 5.00 Å². The van der Waals surface area contributed by atoms with Gasteiger partial charge >= 0.3 is 0 Å². The molecular weight excluding hydrogens is 368 g/mol. The van der Waals surface area contributed by atoms with Crippen LogP contribution in [0.1, 0.15) is 46.5 Å². The highest BCUT2D eigenvalue weighted by Gasteiger charge is 2.22. The molecule has 2 N–H and O–H groups in total. The molecule has 0 aliphatic heterocycles. The number of thiophene rings is 1. The van der Waals surface area contributed by atoms with E-state index in [1.807, 2.05) is 0 Å². The minimum absolute atomic E-state index is 0.0897. The van der Waals surface area contributed by atoms with Gasteiger partial charge in [-0.05, 0) is 50.5 Å². The van der Waals surface area contributed by atoms with Gasteiger partial charge in [0.2, 0.25) is 5.91 Å². The lowest BCUT2D eigenvalue weighted by Gasteiger charge is -2.09. The molecule has 0 unspecified atom stereocenters. The highest BCUT2D eigenvalue weighted by molar-refractivity contribution is 7.99.